The smallest absolute Gasteiger partial charge is 0.0244 e. The summed E-state index contributed by atoms with van der Waals surface area (Å²) in [6.45, 7) is 17.7. The van der Waals surface area contributed by atoms with Gasteiger partial charge in [-0.2, -0.15) is 0 Å². The molecule has 1 heterocycles. The van der Waals surface area contributed by atoms with Crippen molar-refractivity contribution in [2.75, 3.05) is 19.6 Å². The zero-order valence-corrected chi connectivity index (χ0v) is 13.4. The molecule has 1 aliphatic heterocycles. The highest BCUT2D eigenvalue weighted by molar-refractivity contribution is 4.88. The number of hydrogen-bond donors (Lipinski definition) is 1. The fourth-order valence-electron chi connectivity index (χ4n) is 2.83. The van der Waals surface area contributed by atoms with Gasteiger partial charge in [0.05, 0.1) is 0 Å². The molecule has 0 amide bonds. The Kier molecular flexibility index (Phi) is 6.13. The number of nitrogens with zero attached hydrogens (tertiary/aromatic N) is 1. The van der Waals surface area contributed by atoms with Gasteiger partial charge < -0.3 is 5.32 Å². The molecule has 1 aliphatic rings. The molecule has 0 aromatic rings. The van der Waals surface area contributed by atoms with E-state index >= 15 is 0 Å². The molecule has 0 spiro atoms. The molecular weight excluding hydrogens is 220 g/mol. The molecule has 2 nitrogen and oxygen atoms in total. The molecule has 1 fully saturated rings. The van der Waals surface area contributed by atoms with Crippen LogP contribution in [0.4, 0.5) is 0 Å². The van der Waals surface area contributed by atoms with Crippen LogP contribution >= 0.6 is 0 Å². The van der Waals surface area contributed by atoms with Crippen molar-refractivity contribution in [2.45, 2.75) is 72.9 Å². The molecule has 1 N–H and O–H groups in total. The van der Waals surface area contributed by atoms with Gasteiger partial charge in [-0.3, -0.25) is 4.90 Å². The van der Waals surface area contributed by atoms with Crippen molar-refractivity contribution in [2.24, 2.45) is 11.3 Å². The highest BCUT2D eigenvalue weighted by Gasteiger charge is 2.29. The third-order valence-electron chi connectivity index (χ3n) is 4.10. The molecule has 0 bridgehead atoms. The minimum absolute atomic E-state index is 0.451. The maximum atomic E-state index is 3.74. The lowest BCUT2D eigenvalue weighted by Crippen LogP contribution is -2.58. The molecule has 1 saturated heterocycles. The fraction of sp³-hybridized carbons (Fsp3) is 1.00. The standard InChI is InChI=1S/C16H34N2/c1-7-8-14-12-18(10-9-16(4,5)6)15(11-17-14)13(2)3/h13-15,17H,7-12H2,1-6H3. The van der Waals surface area contributed by atoms with Crippen molar-refractivity contribution in [3.05, 3.63) is 0 Å². The van der Waals surface area contributed by atoms with Gasteiger partial charge in [-0.1, -0.05) is 48.0 Å². The van der Waals surface area contributed by atoms with Crippen LogP contribution in [0.3, 0.4) is 0 Å². The van der Waals surface area contributed by atoms with E-state index < -0.39 is 0 Å². The van der Waals surface area contributed by atoms with Crippen LogP contribution in [-0.2, 0) is 0 Å². The summed E-state index contributed by atoms with van der Waals surface area (Å²) in [7, 11) is 0. The summed E-state index contributed by atoms with van der Waals surface area (Å²) in [5.41, 5.74) is 0.451. The normalized spacial score (nSPS) is 26.8. The lowest BCUT2D eigenvalue weighted by molar-refractivity contribution is 0.0839. The third-order valence-corrected chi connectivity index (χ3v) is 4.10. The summed E-state index contributed by atoms with van der Waals surface area (Å²) in [4.78, 5) is 2.74. The van der Waals surface area contributed by atoms with E-state index in [0.29, 0.717) is 11.5 Å². The molecule has 0 aromatic heterocycles. The van der Waals surface area contributed by atoms with E-state index in [1.54, 1.807) is 0 Å². The van der Waals surface area contributed by atoms with Gasteiger partial charge in [-0.15, -0.1) is 0 Å². The quantitative estimate of drug-likeness (QED) is 0.807. The van der Waals surface area contributed by atoms with Crippen LogP contribution < -0.4 is 5.32 Å². The second-order valence-corrected chi connectivity index (χ2v) is 7.51. The highest BCUT2D eigenvalue weighted by atomic mass is 15.2. The molecule has 2 atom stereocenters. The highest BCUT2D eigenvalue weighted by Crippen LogP contribution is 2.23. The first-order chi connectivity index (χ1) is 8.33. The number of rotatable bonds is 5. The van der Waals surface area contributed by atoms with E-state index in [1.807, 2.05) is 0 Å². The van der Waals surface area contributed by atoms with Crippen LogP contribution in [0.15, 0.2) is 0 Å². The Morgan fingerprint density at radius 3 is 2.44 bits per heavy atom. The van der Waals surface area contributed by atoms with Gasteiger partial charge >= 0.3 is 0 Å². The Labute approximate surface area is 115 Å². The van der Waals surface area contributed by atoms with Crippen molar-refractivity contribution in [3.8, 4) is 0 Å². The van der Waals surface area contributed by atoms with E-state index in [1.165, 1.54) is 38.9 Å². The van der Waals surface area contributed by atoms with Crippen LogP contribution in [0.1, 0.15) is 60.8 Å². The van der Waals surface area contributed by atoms with Crippen LogP contribution in [0, 0.1) is 11.3 Å². The molecule has 0 aromatic carbocycles. The van der Waals surface area contributed by atoms with Crippen molar-refractivity contribution >= 4 is 0 Å². The summed E-state index contributed by atoms with van der Waals surface area (Å²) >= 11 is 0. The van der Waals surface area contributed by atoms with E-state index in [0.717, 1.165) is 12.0 Å². The molecule has 108 valence electrons. The predicted molar refractivity (Wildman–Crippen MR) is 81.0 cm³/mol. The molecule has 0 saturated carbocycles. The van der Waals surface area contributed by atoms with Crippen molar-refractivity contribution in [1.82, 2.24) is 10.2 Å². The SMILES string of the molecule is CCCC1CN(CCC(C)(C)C)C(C(C)C)CN1. The second-order valence-electron chi connectivity index (χ2n) is 7.51. The van der Waals surface area contributed by atoms with E-state index in [2.05, 4.69) is 51.8 Å². The maximum Gasteiger partial charge on any atom is 0.0244 e. The first-order valence-corrected chi connectivity index (χ1v) is 7.81. The Balaban J connectivity index is 2.55. The van der Waals surface area contributed by atoms with E-state index in [4.69, 9.17) is 0 Å². The second kappa shape index (κ2) is 6.91. The summed E-state index contributed by atoms with van der Waals surface area (Å²) in [5.74, 6) is 0.750. The van der Waals surface area contributed by atoms with Gasteiger partial charge in [-0.05, 0) is 30.7 Å². The van der Waals surface area contributed by atoms with Crippen LogP contribution in [0.25, 0.3) is 0 Å². The van der Waals surface area contributed by atoms with Gasteiger partial charge in [0.2, 0.25) is 0 Å². The van der Waals surface area contributed by atoms with Gasteiger partial charge in [0.25, 0.3) is 0 Å². The Morgan fingerprint density at radius 1 is 1.28 bits per heavy atom. The van der Waals surface area contributed by atoms with E-state index in [-0.39, 0.29) is 0 Å². The van der Waals surface area contributed by atoms with Gasteiger partial charge in [-0.25, -0.2) is 0 Å². The molecule has 0 aliphatic carbocycles. The number of hydrogen-bond acceptors (Lipinski definition) is 2. The minimum Gasteiger partial charge on any atom is -0.311 e. The average molecular weight is 254 g/mol. The first-order valence-electron chi connectivity index (χ1n) is 7.81. The zero-order chi connectivity index (χ0) is 13.8. The predicted octanol–water partition coefficient (Wildman–Crippen LogP) is 3.52. The number of piperazine rings is 1. The third kappa shape index (κ3) is 5.27. The van der Waals surface area contributed by atoms with Crippen molar-refractivity contribution < 1.29 is 0 Å². The van der Waals surface area contributed by atoms with Crippen molar-refractivity contribution in [1.29, 1.82) is 0 Å². The van der Waals surface area contributed by atoms with Gasteiger partial charge in [0, 0.05) is 25.2 Å². The average Bonchev–Trinajstić information content (AvgIpc) is 2.25. The Morgan fingerprint density at radius 2 is 1.94 bits per heavy atom. The summed E-state index contributed by atoms with van der Waals surface area (Å²) in [5, 5.41) is 3.74. The fourth-order valence-corrected chi connectivity index (χ4v) is 2.83. The van der Waals surface area contributed by atoms with Crippen LogP contribution in [-0.4, -0.2) is 36.6 Å². The van der Waals surface area contributed by atoms with Crippen molar-refractivity contribution in [3.63, 3.8) is 0 Å². The molecule has 2 unspecified atom stereocenters. The Hall–Kier alpha value is -0.0800. The summed E-state index contributed by atoms with van der Waals surface area (Å²) in [6, 6.07) is 1.44. The maximum absolute atomic E-state index is 3.74. The van der Waals surface area contributed by atoms with E-state index in [9.17, 15) is 0 Å². The minimum atomic E-state index is 0.451. The first kappa shape index (κ1) is 16.0. The topological polar surface area (TPSA) is 15.3 Å². The lowest BCUT2D eigenvalue weighted by atomic mass is 9.90. The molecule has 1 rings (SSSR count). The van der Waals surface area contributed by atoms with Crippen LogP contribution in [0.5, 0.6) is 0 Å². The molecule has 18 heavy (non-hydrogen) atoms. The Bertz CT molecular complexity index is 230. The zero-order valence-electron chi connectivity index (χ0n) is 13.4. The van der Waals surface area contributed by atoms with Gasteiger partial charge in [0.15, 0.2) is 0 Å². The van der Waals surface area contributed by atoms with Gasteiger partial charge in [0.1, 0.15) is 0 Å². The molecule has 2 heteroatoms. The largest absolute Gasteiger partial charge is 0.311 e. The molecule has 0 radical (unpaired) electrons. The monoisotopic (exact) mass is 254 g/mol. The molecular formula is C16H34N2. The lowest BCUT2D eigenvalue weighted by Gasteiger charge is -2.43. The summed E-state index contributed by atoms with van der Waals surface area (Å²) in [6.07, 6.45) is 3.91. The summed E-state index contributed by atoms with van der Waals surface area (Å²) < 4.78 is 0. The van der Waals surface area contributed by atoms with Crippen LogP contribution in [0.2, 0.25) is 0 Å². The number of nitrogens with one attached hydrogen (secondary N) is 1.